The summed E-state index contributed by atoms with van der Waals surface area (Å²) >= 11 is 7.14. The number of hydrogen-bond donors (Lipinski definition) is 1. The van der Waals surface area contributed by atoms with Crippen LogP contribution in [-0.2, 0) is 6.54 Å². The van der Waals surface area contributed by atoms with Gasteiger partial charge in [0.2, 0.25) is 0 Å². The Balaban J connectivity index is 2.59. The van der Waals surface area contributed by atoms with Gasteiger partial charge in [-0.15, -0.1) is 0 Å². The molecule has 0 bridgehead atoms. The Bertz CT molecular complexity index is 604. The lowest BCUT2D eigenvalue weighted by molar-refractivity contribution is 0.355. The summed E-state index contributed by atoms with van der Waals surface area (Å²) in [5.74, 6) is 2.45. The molecular weight excluding hydrogens is 268 g/mol. The van der Waals surface area contributed by atoms with Crippen LogP contribution >= 0.6 is 24.0 Å². The topological polar surface area (TPSA) is 39.2 Å². The predicted octanol–water partition coefficient (Wildman–Crippen LogP) is 3.08. The van der Waals surface area contributed by atoms with Gasteiger partial charge >= 0.3 is 0 Å². The molecule has 0 saturated heterocycles. The molecule has 0 aliphatic carbocycles. The zero-order chi connectivity index (χ0) is 13.1. The molecule has 2 rings (SSSR count). The third-order valence-corrected chi connectivity index (χ3v) is 3.71. The molecule has 0 amide bonds. The highest BCUT2D eigenvalue weighted by Crippen LogP contribution is 2.31. The third kappa shape index (κ3) is 2.35. The lowest BCUT2D eigenvalue weighted by atomic mass is 10.2. The van der Waals surface area contributed by atoms with E-state index in [1.807, 2.05) is 12.1 Å². The van der Waals surface area contributed by atoms with Crippen molar-refractivity contribution in [2.75, 3.05) is 26.2 Å². The van der Waals surface area contributed by atoms with Crippen LogP contribution in [-0.4, -0.2) is 35.8 Å². The molecule has 98 valence electrons. The van der Waals surface area contributed by atoms with Crippen LogP contribution in [0, 0.1) is 4.77 Å². The van der Waals surface area contributed by atoms with Gasteiger partial charge in [-0.25, -0.2) is 0 Å². The minimum Gasteiger partial charge on any atom is -0.493 e. The number of thioether (sulfide) groups is 1. The number of aromatic amines is 1. The zero-order valence-corrected chi connectivity index (χ0v) is 12.3. The summed E-state index contributed by atoms with van der Waals surface area (Å²) in [4.78, 5) is 3.19. The van der Waals surface area contributed by atoms with Crippen LogP contribution in [0.25, 0.3) is 11.0 Å². The third-order valence-electron chi connectivity index (χ3n) is 2.80. The van der Waals surface area contributed by atoms with E-state index in [0.29, 0.717) is 5.75 Å². The molecule has 0 fully saturated rings. The average molecular weight is 284 g/mol. The first-order valence-corrected chi connectivity index (χ1v) is 7.35. The fourth-order valence-electron chi connectivity index (χ4n) is 1.89. The molecule has 4 nitrogen and oxygen atoms in total. The van der Waals surface area contributed by atoms with Crippen molar-refractivity contribution in [2.45, 2.75) is 6.54 Å². The van der Waals surface area contributed by atoms with Crippen molar-refractivity contribution in [3.05, 3.63) is 16.9 Å². The van der Waals surface area contributed by atoms with Gasteiger partial charge < -0.3 is 19.0 Å². The Morgan fingerprint density at radius 1 is 1.28 bits per heavy atom. The van der Waals surface area contributed by atoms with E-state index in [9.17, 15) is 0 Å². The molecule has 1 aromatic heterocycles. The van der Waals surface area contributed by atoms with Gasteiger partial charge in [0, 0.05) is 24.4 Å². The van der Waals surface area contributed by atoms with Crippen LogP contribution in [0.1, 0.15) is 0 Å². The van der Waals surface area contributed by atoms with Crippen LogP contribution < -0.4 is 9.47 Å². The highest BCUT2D eigenvalue weighted by Gasteiger charge is 2.10. The van der Waals surface area contributed by atoms with Crippen molar-refractivity contribution in [1.82, 2.24) is 9.55 Å². The number of ether oxygens (including phenoxy) is 2. The standard InChI is InChI=1S/C12H16N2O2S2/c1-15-10-6-8-9(7-11(10)16-2)14(4-5-18-3)12(17)13-8/h6-7H,4-5H2,1-3H3,(H,13,17). The van der Waals surface area contributed by atoms with Gasteiger partial charge in [0.1, 0.15) is 0 Å². The van der Waals surface area contributed by atoms with E-state index in [1.54, 1.807) is 26.0 Å². The Kier molecular flexibility index (Phi) is 4.19. The summed E-state index contributed by atoms with van der Waals surface area (Å²) in [5.41, 5.74) is 2.02. The van der Waals surface area contributed by atoms with Gasteiger partial charge in [-0.3, -0.25) is 0 Å². The Morgan fingerprint density at radius 3 is 2.56 bits per heavy atom. The summed E-state index contributed by atoms with van der Waals surface area (Å²) in [5, 5.41) is 0. The van der Waals surface area contributed by atoms with Crippen LogP contribution in [0.15, 0.2) is 12.1 Å². The number of hydrogen-bond acceptors (Lipinski definition) is 4. The molecular formula is C12H16N2O2S2. The first kappa shape index (κ1) is 13.3. The van der Waals surface area contributed by atoms with Crippen molar-refractivity contribution in [3.8, 4) is 11.5 Å². The van der Waals surface area contributed by atoms with Gasteiger partial charge in [-0.1, -0.05) is 0 Å². The molecule has 18 heavy (non-hydrogen) atoms. The second-order valence-electron chi connectivity index (χ2n) is 3.80. The van der Waals surface area contributed by atoms with Crippen LogP contribution in [0.3, 0.4) is 0 Å². The number of aryl methyl sites for hydroxylation is 1. The van der Waals surface area contributed by atoms with E-state index >= 15 is 0 Å². The van der Waals surface area contributed by atoms with Gasteiger partial charge in [-0.2, -0.15) is 11.8 Å². The maximum absolute atomic E-state index is 5.34. The number of imidazole rings is 1. The summed E-state index contributed by atoms with van der Waals surface area (Å²) < 4.78 is 13.4. The van der Waals surface area contributed by atoms with Crippen molar-refractivity contribution < 1.29 is 9.47 Å². The molecule has 0 unspecified atom stereocenters. The van der Waals surface area contributed by atoms with Crippen molar-refractivity contribution in [1.29, 1.82) is 0 Å². The number of fused-ring (bicyclic) bond motifs is 1. The molecule has 2 aromatic rings. The molecule has 1 aromatic carbocycles. The van der Waals surface area contributed by atoms with E-state index in [4.69, 9.17) is 21.7 Å². The van der Waals surface area contributed by atoms with Gasteiger partial charge in [0.25, 0.3) is 0 Å². The van der Waals surface area contributed by atoms with Gasteiger partial charge in [0.15, 0.2) is 16.3 Å². The van der Waals surface area contributed by atoms with Crippen LogP contribution in [0.4, 0.5) is 0 Å². The summed E-state index contributed by atoms with van der Waals surface area (Å²) in [6.45, 7) is 0.884. The first-order valence-electron chi connectivity index (χ1n) is 5.54. The molecule has 0 aliphatic rings. The van der Waals surface area contributed by atoms with Crippen molar-refractivity contribution in [2.24, 2.45) is 0 Å². The van der Waals surface area contributed by atoms with Crippen molar-refractivity contribution in [3.63, 3.8) is 0 Å². The number of H-pyrrole nitrogens is 1. The molecule has 6 heteroatoms. The fourth-order valence-corrected chi connectivity index (χ4v) is 2.55. The molecule has 0 radical (unpaired) electrons. The predicted molar refractivity (Wildman–Crippen MR) is 78.6 cm³/mol. The molecule has 0 saturated carbocycles. The average Bonchev–Trinajstić information content (AvgIpc) is 2.69. The highest BCUT2D eigenvalue weighted by atomic mass is 32.2. The normalized spacial score (nSPS) is 10.8. The molecule has 1 N–H and O–H groups in total. The lowest BCUT2D eigenvalue weighted by Gasteiger charge is -2.08. The second kappa shape index (κ2) is 5.67. The minimum absolute atomic E-state index is 0.707. The maximum atomic E-state index is 5.34. The SMILES string of the molecule is COc1cc2[nH]c(=S)n(CCSC)c2cc1OC. The number of aromatic nitrogens is 2. The zero-order valence-electron chi connectivity index (χ0n) is 10.6. The van der Waals surface area contributed by atoms with E-state index in [1.165, 1.54) is 0 Å². The minimum atomic E-state index is 0.707. The van der Waals surface area contributed by atoms with E-state index < -0.39 is 0 Å². The molecule has 0 spiro atoms. The van der Waals surface area contributed by atoms with Crippen LogP contribution in [0.2, 0.25) is 0 Å². The van der Waals surface area contributed by atoms with E-state index in [0.717, 1.165) is 33.9 Å². The van der Waals surface area contributed by atoms with E-state index in [-0.39, 0.29) is 0 Å². The summed E-state index contributed by atoms with van der Waals surface area (Å²) in [6.07, 6.45) is 2.09. The maximum Gasteiger partial charge on any atom is 0.178 e. The monoisotopic (exact) mass is 284 g/mol. The summed E-state index contributed by atoms with van der Waals surface area (Å²) in [6, 6.07) is 3.88. The number of nitrogens with one attached hydrogen (secondary N) is 1. The van der Waals surface area contributed by atoms with Crippen molar-refractivity contribution >= 4 is 35.0 Å². The number of benzene rings is 1. The number of nitrogens with zero attached hydrogens (tertiary/aromatic N) is 1. The Labute approximate surface area is 115 Å². The van der Waals surface area contributed by atoms with Crippen LogP contribution in [0.5, 0.6) is 11.5 Å². The van der Waals surface area contributed by atoms with Gasteiger partial charge in [-0.05, 0) is 18.5 Å². The summed E-state index contributed by atoms with van der Waals surface area (Å²) in [7, 11) is 3.26. The number of methoxy groups -OCH3 is 2. The van der Waals surface area contributed by atoms with Gasteiger partial charge in [0.05, 0.1) is 25.3 Å². The smallest absolute Gasteiger partial charge is 0.178 e. The quantitative estimate of drug-likeness (QED) is 0.857. The Morgan fingerprint density at radius 2 is 1.94 bits per heavy atom. The fraction of sp³-hybridized carbons (Fsp3) is 0.417. The Hall–Kier alpha value is -1.14. The second-order valence-corrected chi connectivity index (χ2v) is 5.17. The number of rotatable bonds is 5. The largest absolute Gasteiger partial charge is 0.493 e. The lowest BCUT2D eigenvalue weighted by Crippen LogP contribution is -2.00. The molecule has 0 atom stereocenters. The first-order chi connectivity index (χ1) is 8.71. The van der Waals surface area contributed by atoms with E-state index in [2.05, 4.69) is 15.8 Å². The highest BCUT2D eigenvalue weighted by molar-refractivity contribution is 7.98. The molecule has 1 heterocycles. The molecule has 0 aliphatic heterocycles.